The molecule has 0 saturated heterocycles. The second kappa shape index (κ2) is 5.51. The summed E-state index contributed by atoms with van der Waals surface area (Å²) in [5, 5.41) is 0. The minimum absolute atomic E-state index is 0.0670. The number of benzene rings is 1. The minimum atomic E-state index is -0.0670. The third-order valence-corrected chi connectivity index (χ3v) is 3.76. The van der Waals surface area contributed by atoms with Crippen molar-refractivity contribution in [3.8, 4) is 0 Å². The Morgan fingerprint density at radius 1 is 1.33 bits per heavy atom. The predicted octanol–water partition coefficient (Wildman–Crippen LogP) is 3.13. The molecule has 2 rings (SSSR count). The summed E-state index contributed by atoms with van der Waals surface area (Å²) in [6.45, 7) is 8.53. The molecule has 0 bridgehead atoms. The lowest BCUT2D eigenvalue weighted by atomic mass is 9.87. The van der Waals surface area contributed by atoms with Crippen molar-refractivity contribution in [2.45, 2.75) is 39.5 Å². The van der Waals surface area contributed by atoms with Crippen LogP contribution in [0.15, 0.2) is 18.2 Å². The van der Waals surface area contributed by atoms with Crippen LogP contribution in [0.4, 0.5) is 0 Å². The van der Waals surface area contributed by atoms with Gasteiger partial charge in [0.1, 0.15) is 5.82 Å². The largest absolute Gasteiger partial charge is 0.349 e. The number of carbonyl (C=O) groups excluding carboxylic acids is 1. The molecule has 0 aliphatic heterocycles. The lowest BCUT2D eigenvalue weighted by Crippen LogP contribution is -2.29. The molecule has 1 aromatic carbocycles. The van der Waals surface area contributed by atoms with Gasteiger partial charge in [-0.1, -0.05) is 33.8 Å². The second-order valence-corrected chi connectivity index (χ2v) is 7.00. The number of hydrogen-bond acceptors (Lipinski definition) is 2. The van der Waals surface area contributed by atoms with Crippen LogP contribution in [0.1, 0.15) is 39.1 Å². The van der Waals surface area contributed by atoms with E-state index in [1.807, 2.05) is 13.0 Å². The molecule has 0 aliphatic carbocycles. The molecular formula is C17H25N3O. The zero-order chi connectivity index (χ0) is 15.8. The van der Waals surface area contributed by atoms with Crippen molar-refractivity contribution in [3.05, 3.63) is 29.6 Å². The van der Waals surface area contributed by atoms with E-state index in [1.54, 1.807) is 19.0 Å². The van der Waals surface area contributed by atoms with Crippen molar-refractivity contribution in [1.82, 2.24) is 14.9 Å². The molecule has 21 heavy (non-hydrogen) atoms. The quantitative estimate of drug-likeness (QED) is 0.943. The first-order valence-corrected chi connectivity index (χ1v) is 7.39. The summed E-state index contributed by atoms with van der Waals surface area (Å²) in [6, 6.07) is 6.33. The van der Waals surface area contributed by atoms with Gasteiger partial charge in [0.05, 0.1) is 11.0 Å². The summed E-state index contributed by atoms with van der Waals surface area (Å²) >= 11 is 0. The first-order valence-electron chi connectivity index (χ1n) is 7.39. The van der Waals surface area contributed by atoms with Gasteiger partial charge in [0.15, 0.2) is 0 Å². The van der Waals surface area contributed by atoms with E-state index < -0.39 is 0 Å². The number of amides is 1. The fourth-order valence-electron chi connectivity index (χ4n) is 2.44. The number of nitrogens with one attached hydrogen (secondary N) is 1. The van der Waals surface area contributed by atoms with Gasteiger partial charge in [-0.3, -0.25) is 4.79 Å². The molecule has 0 spiro atoms. The lowest BCUT2D eigenvalue weighted by Gasteiger charge is -2.18. The molecule has 1 heterocycles. The van der Waals surface area contributed by atoms with Crippen molar-refractivity contribution in [2.75, 3.05) is 14.1 Å². The van der Waals surface area contributed by atoms with Crippen LogP contribution in [0, 0.1) is 5.92 Å². The molecule has 4 nitrogen and oxygen atoms in total. The maximum absolute atomic E-state index is 11.9. The standard InChI is InChI=1S/C17H25N3O/c1-11(16(21)20(5)6)9-15-18-13-8-7-12(17(2,3)4)10-14(13)19-15/h7-8,10-11H,9H2,1-6H3,(H,18,19). The number of rotatable bonds is 3. The lowest BCUT2D eigenvalue weighted by molar-refractivity contribution is -0.132. The molecule has 114 valence electrons. The van der Waals surface area contributed by atoms with Crippen LogP contribution in [-0.4, -0.2) is 34.9 Å². The Morgan fingerprint density at radius 3 is 2.57 bits per heavy atom. The second-order valence-electron chi connectivity index (χ2n) is 7.00. The average Bonchev–Trinajstić information content (AvgIpc) is 2.77. The molecule has 4 heteroatoms. The Bertz CT molecular complexity index is 650. The van der Waals surface area contributed by atoms with Crippen LogP contribution in [-0.2, 0) is 16.6 Å². The molecule has 2 aromatic rings. The van der Waals surface area contributed by atoms with Gasteiger partial charge in [0.25, 0.3) is 0 Å². The van der Waals surface area contributed by atoms with Crippen molar-refractivity contribution in [2.24, 2.45) is 5.92 Å². The van der Waals surface area contributed by atoms with E-state index in [0.717, 1.165) is 16.9 Å². The fraction of sp³-hybridized carbons (Fsp3) is 0.529. The van der Waals surface area contributed by atoms with Crippen LogP contribution < -0.4 is 0 Å². The number of hydrogen-bond donors (Lipinski definition) is 1. The number of aromatic amines is 1. The van der Waals surface area contributed by atoms with Gasteiger partial charge < -0.3 is 9.88 Å². The number of imidazole rings is 1. The third kappa shape index (κ3) is 3.43. The molecule has 1 aromatic heterocycles. The third-order valence-electron chi connectivity index (χ3n) is 3.76. The summed E-state index contributed by atoms with van der Waals surface area (Å²) in [5.41, 5.74) is 3.40. The highest BCUT2D eigenvalue weighted by molar-refractivity contribution is 5.79. The number of nitrogens with zero attached hydrogens (tertiary/aromatic N) is 2. The van der Waals surface area contributed by atoms with Gasteiger partial charge in [-0.25, -0.2) is 4.98 Å². The van der Waals surface area contributed by atoms with Crippen LogP contribution in [0.3, 0.4) is 0 Å². The molecule has 0 fully saturated rings. The van der Waals surface area contributed by atoms with E-state index in [2.05, 4.69) is 42.9 Å². The molecule has 0 saturated carbocycles. The summed E-state index contributed by atoms with van der Waals surface area (Å²) in [5.74, 6) is 0.937. The van der Waals surface area contributed by atoms with E-state index in [0.29, 0.717) is 6.42 Å². The topological polar surface area (TPSA) is 49.0 Å². The Labute approximate surface area is 126 Å². The van der Waals surface area contributed by atoms with E-state index in [-0.39, 0.29) is 17.2 Å². The Balaban J connectivity index is 2.25. The Kier molecular flexibility index (Phi) is 4.08. The zero-order valence-electron chi connectivity index (χ0n) is 13.8. The van der Waals surface area contributed by atoms with Crippen molar-refractivity contribution >= 4 is 16.9 Å². The number of carbonyl (C=O) groups is 1. The van der Waals surface area contributed by atoms with Crippen LogP contribution in [0.5, 0.6) is 0 Å². The maximum Gasteiger partial charge on any atom is 0.225 e. The maximum atomic E-state index is 11.9. The van der Waals surface area contributed by atoms with Crippen molar-refractivity contribution < 1.29 is 4.79 Å². The SMILES string of the molecule is CC(Cc1nc2ccc(C(C)(C)C)cc2[nH]1)C(=O)N(C)C. The first kappa shape index (κ1) is 15.5. The van der Waals surface area contributed by atoms with Gasteiger partial charge in [0, 0.05) is 26.4 Å². The molecule has 0 aliphatic rings. The number of aromatic nitrogens is 2. The van der Waals surface area contributed by atoms with Gasteiger partial charge >= 0.3 is 0 Å². The van der Waals surface area contributed by atoms with E-state index >= 15 is 0 Å². The minimum Gasteiger partial charge on any atom is -0.349 e. The van der Waals surface area contributed by atoms with Gasteiger partial charge in [-0.2, -0.15) is 0 Å². The molecule has 0 radical (unpaired) electrons. The normalized spacial score (nSPS) is 13.4. The molecule has 1 N–H and O–H groups in total. The Morgan fingerprint density at radius 2 is 2.00 bits per heavy atom. The average molecular weight is 287 g/mol. The van der Waals surface area contributed by atoms with Crippen molar-refractivity contribution in [3.63, 3.8) is 0 Å². The van der Waals surface area contributed by atoms with Crippen LogP contribution in [0.2, 0.25) is 0 Å². The predicted molar refractivity (Wildman–Crippen MR) is 86.4 cm³/mol. The van der Waals surface area contributed by atoms with Crippen LogP contribution >= 0.6 is 0 Å². The highest BCUT2D eigenvalue weighted by atomic mass is 16.2. The number of H-pyrrole nitrogens is 1. The zero-order valence-corrected chi connectivity index (χ0v) is 13.8. The van der Waals surface area contributed by atoms with Gasteiger partial charge in [-0.15, -0.1) is 0 Å². The summed E-state index contributed by atoms with van der Waals surface area (Å²) < 4.78 is 0. The van der Waals surface area contributed by atoms with E-state index in [1.165, 1.54) is 5.56 Å². The van der Waals surface area contributed by atoms with E-state index in [4.69, 9.17) is 0 Å². The molecule has 1 atom stereocenters. The summed E-state index contributed by atoms with van der Waals surface area (Å²) in [6.07, 6.45) is 0.635. The van der Waals surface area contributed by atoms with Gasteiger partial charge in [-0.05, 0) is 23.1 Å². The summed E-state index contributed by atoms with van der Waals surface area (Å²) in [7, 11) is 3.57. The molecule has 1 amide bonds. The highest BCUT2D eigenvalue weighted by Gasteiger charge is 2.18. The number of fused-ring (bicyclic) bond motifs is 1. The smallest absolute Gasteiger partial charge is 0.225 e. The van der Waals surface area contributed by atoms with Crippen molar-refractivity contribution in [1.29, 1.82) is 0 Å². The fourth-order valence-corrected chi connectivity index (χ4v) is 2.44. The van der Waals surface area contributed by atoms with E-state index in [9.17, 15) is 4.79 Å². The molecule has 1 unspecified atom stereocenters. The highest BCUT2D eigenvalue weighted by Crippen LogP contribution is 2.25. The first-order chi connectivity index (χ1) is 9.68. The Hall–Kier alpha value is -1.84. The van der Waals surface area contributed by atoms with Gasteiger partial charge in [0.2, 0.25) is 5.91 Å². The van der Waals surface area contributed by atoms with Crippen LogP contribution in [0.25, 0.3) is 11.0 Å². The monoisotopic (exact) mass is 287 g/mol. The summed E-state index contributed by atoms with van der Waals surface area (Å²) in [4.78, 5) is 21.5. The molecular weight excluding hydrogens is 262 g/mol.